The molecule has 0 aliphatic rings. The van der Waals surface area contributed by atoms with Crippen molar-refractivity contribution in [3.05, 3.63) is 80.1 Å². The number of carbonyl (C=O) groups is 1. The van der Waals surface area contributed by atoms with Crippen molar-refractivity contribution in [1.82, 2.24) is 10.2 Å². The van der Waals surface area contributed by atoms with E-state index in [4.69, 9.17) is 27.6 Å². The summed E-state index contributed by atoms with van der Waals surface area (Å²) in [5, 5.41) is 4.30. The van der Waals surface area contributed by atoms with Gasteiger partial charge < -0.3 is 9.73 Å². The highest BCUT2D eigenvalue weighted by Gasteiger charge is 2.22. The van der Waals surface area contributed by atoms with E-state index >= 15 is 0 Å². The summed E-state index contributed by atoms with van der Waals surface area (Å²) in [6, 6.07) is 13.4. The van der Waals surface area contributed by atoms with Gasteiger partial charge in [0.25, 0.3) is 5.91 Å². The third kappa shape index (κ3) is 4.81. The maximum absolute atomic E-state index is 12.7. The van der Waals surface area contributed by atoms with E-state index in [0.717, 1.165) is 18.7 Å². The molecule has 0 saturated carbocycles. The Bertz CT molecular complexity index is 1080. The molecule has 3 rings (SSSR count). The number of likely N-dealkylation sites (N-methyl/N-ethyl adjacent to an activating group) is 1. The quantitative estimate of drug-likeness (QED) is 0.575. The van der Waals surface area contributed by atoms with Crippen LogP contribution in [0.3, 0.4) is 0 Å². The monoisotopic (exact) mass is 432 g/mol. The van der Waals surface area contributed by atoms with E-state index in [0.29, 0.717) is 27.6 Å². The highest BCUT2D eigenvalue weighted by Crippen LogP contribution is 2.27. The van der Waals surface area contributed by atoms with Crippen LogP contribution in [0.25, 0.3) is 11.0 Å². The molecule has 0 bridgehead atoms. The number of fused-ring (bicyclic) bond motifs is 1. The summed E-state index contributed by atoms with van der Waals surface area (Å²) in [5.41, 5.74) is 0.941. The Hall–Kier alpha value is -2.34. The van der Waals surface area contributed by atoms with Gasteiger partial charge in [0.1, 0.15) is 5.58 Å². The van der Waals surface area contributed by atoms with Crippen LogP contribution in [-0.4, -0.2) is 30.4 Å². The molecule has 1 aromatic heterocycles. The number of hydrogen-bond acceptors (Lipinski definition) is 4. The number of nitrogens with zero attached hydrogens (tertiary/aromatic N) is 1. The molecule has 3 aromatic rings. The molecule has 1 N–H and O–H groups in total. The first-order valence-corrected chi connectivity index (χ1v) is 10.2. The SMILES string of the molecule is CCN(CC)[C@H](CNC(=O)c1cc(=O)c2cc(Cl)ccc2o1)c1ccccc1Cl. The van der Waals surface area contributed by atoms with Gasteiger partial charge in [-0.1, -0.05) is 55.2 Å². The minimum Gasteiger partial charge on any atom is -0.451 e. The normalized spacial score (nSPS) is 12.3. The fourth-order valence-corrected chi connectivity index (χ4v) is 3.80. The zero-order valence-corrected chi connectivity index (χ0v) is 17.8. The zero-order chi connectivity index (χ0) is 21.0. The van der Waals surface area contributed by atoms with Crippen molar-refractivity contribution in [1.29, 1.82) is 0 Å². The summed E-state index contributed by atoms with van der Waals surface area (Å²) in [6.07, 6.45) is 0. The lowest BCUT2D eigenvalue weighted by Gasteiger charge is -2.30. The lowest BCUT2D eigenvalue weighted by Crippen LogP contribution is -2.38. The molecule has 0 fully saturated rings. The average molecular weight is 433 g/mol. The predicted octanol–water partition coefficient (Wildman–Crippen LogP) is 4.91. The van der Waals surface area contributed by atoms with Crippen molar-refractivity contribution in [2.45, 2.75) is 19.9 Å². The second-order valence-corrected chi connectivity index (χ2v) is 7.43. The van der Waals surface area contributed by atoms with Crippen molar-refractivity contribution in [3.8, 4) is 0 Å². The van der Waals surface area contributed by atoms with E-state index in [1.807, 2.05) is 24.3 Å². The maximum Gasteiger partial charge on any atom is 0.287 e. The largest absolute Gasteiger partial charge is 0.451 e. The van der Waals surface area contributed by atoms with Gasteiger partial charge in [-0.3, -0.25) is 14.5 Å². The summed E-state index contributed by atoms with van der Waals surface area (Å²) in [4.78, 5) is 27.3. The number of nitrogens with one attached hydrogen (secondary N) is 1. The van der Waals surface area contributed by atoms with Gasteiger partial charge in [0.15, 0.2) is 11.2 Å². The van der Waals surface area contributed by atoms with Gasteiger partial charge >= 0.3 is 0 Å². The molecular weight excluding hydrogens is 411 g/mol. The smallest absolute Gasteiger partial charge is 0.287 e. The summed E-state index contributed by atoms with van der Waals surface area (Å²) in [6.45, 7) is 6.04. The van der Waals surface area contributed by atoms with Crippen LogP contribution in [0.5, 0.6) is 0 Å². The predicted molar refractivity (Wildman–Crippen MR) is 117 cm³/mol. The maximum atomic E-state index is 12.7. The van der Waals surface area contributed by atoms with Gasteiger partial charge in [0.2, 0.25) is 0 Å². The Morgan fingerprint density at radius 2 is 1.83 bits per heavy atom. The Morgan fingerprint density at radius 1 is 1.10 bits per heavy atom. The van der Waals surface area contributed by atoms with Crippen LogP contribution in [0.2, 0.25) is 10.0 Å². The minimum absolute atomic E-state index is 0.0396. The number of rotatable bonds is 7. The van der Waals surface area contributed by atoms with E-state index in [1.165, 1.54) is 12.1 Å². The van der Waals surface area contributed by atoms with Crippen LogP contribution in [0.4, 0.5) is 0 Å². The fourth-order valence-electron chi connectivity index (χ4n) is 3.36. The molecule has 0 saturated heterocycles. The minimum atomic E-state index is -0.455. The van der Waals surface area contributed by atoms with E-state index in [1.54, 1.807) is 12.1 Å². The first kappa shape index (κ1) is 21.4. The van der Waals surface area contributed by atoms with Crippen molar-refractivity contribution in [2.75, 3.05) is 19.6 Å². The number of benzene rings is 2. The molecule has 152 valence electrons. The van der Waals surface area contributed by atoms with Crippen molar-refractivity contribution >= 4 is 40.1 Å². The molecule has 0 radical (unpaired) electrons. The number of halogens is 2. The first-order valence-electron chi connectivity index (χ1n) is 9.44. The molecule has 2 aromatic carbocycles. The fraction of sp³-hybridized carbons (Fsp3) is 0.273. The summed E-state index contributed by atoms with van der Waals surface area (Å²) < 4.78 is 5.62. The van der Waals surface area contributed by atoms with Gasteiger partial charge in [-0.2, -0.15) is 0 Å². The Kier molecular flexibility index (Phi) is 6.96. The third-order valence-corrected chi connectivity index (χ3v) is 5.47. The molecule has 0 unspecified atom stereocenters. The van der Waals surface area contributed by atoms with Crippen LogP contribution in [0, 0.1) is 0 Å². The third-order valence-electron chi connectivity index (χ3n) is 4.89. The Morgan fingerprint density at radius 3 is 2.52 bits per heavy atom. The lowest BCUT2D eigenvalue weighted by molar-refractivity contribution is 0.0908. The molecular formula is C22H22Cl2N2O3. The zero-order valence-electron chi connectivity index (χ0n) is 16.2. The van der Waals surface area contributed by atoms with Crippen molar-refractivity contribution < 1.29 is 9.21 Å². The van der Waals surface area contributed by atoms with Crippen molar-refractivity contribution in [2.24, 2.45) is 0 Å². The van der Waals surface area contributed by atoms with E-state index in [-0.39, 0.29) is 17.2 Å². The van der Waals surface area contributed by atoms with E-state index in [9.17, 15) is 9.59 Å². The molecule has 7 heteroatoms. The van der Waals surface area contributed by atoms with Crippen LogP contribution in [0.1, 0.15) is 36.0 Å². The van der Waals surface area contributed by atoms with Crippen LogP contribution in [0.15, 0.2) is 57.7 Å². The van der Waals surface area contributed by atoms with Crippen molar-refractivity contribution in [3.63, 3.8) is 0 Å². The standard InChI is InChI=1S/C22H22Cl2N2O3/c1-3-26(4-2)18(15-7-5-6-8-17(15)24)13-25-22(28)21-12-19(27)16-11-14(23)9-10-20(16)29-21/h5-12,18H,3-4,13H2,1-2H3,(H,25,28)/t18-/m1/s1. The molecule has 29 heavy (non-hydrogen) atoms. The van der Waals surface area contributed by atoms with Gasteiger partial charge in [-0.15, -0.1) is 0 Å². The molecule has 0 aliphatic heterocycles. The second kappa shape index (κ2) is 9.44. The van der Waals surface area contributed by atoms with Gasteiger partial charge in [-0.25, -0.2) is 0 Å². The van der Waals surface area contributed by atoms with Gasteiger partial charge in [0.05, 0.1) is 11.4 Å². The Balaban J connectivity index is 1.85. The number of hydrogen-bond donors (Lipinski definition) is 1. The van der Waals surface area contributed by atoms with Crippen LogP contribution < -0.4 is 10.7 Å². The highest BCUT2D eigenvalue weighted by molar-refractivity contribution is 6.31. The Labute approximate surface area is 179 Å². The highest BCUT2D eigenvalue weighted by atomic mass is 35.5. The van der Waals surface area contributed by atoms with Gasteiger partial charge in [-0.05, 0) is 42.9 Å². The molecule has 5 nitrogen and oxygen atoms in total. The number of carbonyl (C=O) groups excluding carboxylic acids is 1. The first-order chi connectivity index (χ1) is 13.9. The van der Waals surface area contributed by atoms with E-state index in [2.05, 4.69) is 24.1 Å². The van der Waals surface area contributed by atoms with Crippen LogP contribution in [-0.2, 0) is 0 Å². The molecule has 0 spiro atoms. The molecule has 1 atom stereocenters. The lowest BCUT2D eigenvalue weighted by atomic mass is 10.0. The number of amides is 1. The summed E-state index contributed by atoms with van der Waals surface area (Å²) in [5.74, 6) is -0.495. The molecule has 1 amide bonds. The van der Waals surface area contributed by atoms with Crippen LogP contribution >= 0.6 is 23.2 Å². The van der Waals surface area contributed by atoms with Gasteiger partial charge in [0, 0.05) is 22.7 Å². The summed E-state index contributed by atoms with van der Waals surface area (Å²) >= 11 is 12.3. The topological polar surface area (TPSA) is 62.6 Å². The average Bonchev–Trinajstić information content (AvgIpc) is 2.72. The molecule has 0 aliphatic carbocycles. The second-order valence-electron chi connectivity index (χ2n) is 6.58. The van der Waals surface area contributed by atoms with E-state index < -0.39 is 5.91 Å². The molecule has 1 heterocycles. The summed E-state index contributed by atoms with van der Waals surface area (Å²) in [7, 11) is 0.